The van der Waals surface area contributed by atoms with Crippen molar-refractivity contribution in [1.82, 2.24) is 10.2 Å². The third-order valence-electron chi connectivity index (χ3n) is 7.80. The van der Waals surface area contributed by atoms with Gasteiger partial charge in [0.05, 0.1) is 10.7 Å². The Bertz CT molecular complexity index is 1490. The molecule has 0 aliphatic heterocycles. The van der Waals surface area contributed by atoms with Crippen LogP contribution in [0, 0.1) is 20.8 Å². The van der Waals surface area contributed by atoms with Crippen LogP contribution < -0.4 is 10.6 Å². The second-order valence-electron chi connectivity index (χ2n) is 12.6. The first-order valence-electron chi connectivity index (χ1n) is 15.0. The van der Waals surface area contributed by atoms with E-state index in [0.717, 1.165) is 41.5 Å². The van der Waals surface area contributed by atoms with Gasteiger partial charge < -0.3 is 25.4 Å². The van der Waals surface area contributed by atoms with E-state index >= 15 is 0 Å². The van der Waals surface area contributed by atoms with Crippen LogP contribution in [-0.4, -0.2) is 45.6 Å². The van der Waals surface area contributed by atoms with Crippen molar-refractivity contribution in [2.24, 2.45) is 0 Å². The van der Waals surface area contributed by atoms with Crippen LogP contribution in [0.2, 0.25) is 5.02 Å². The van der Waals surface area contributed by atoms with Crippen molar-refractivity contribution in [2.45, 2.75) is 91.0 Å². The van der Waals surface area contributed by atoms with Crippen molar-refractivity contribution in [3.05, 3.63) is 93.5 Å². The van der Waals surface area contributed by atoms with Gasteiger partial charge in [-0.15, -0.1) is 0 Å². The number of phenols is 1. The topological polar surface area (TPSA) is 108 Å². The molecule has 1 aliphatic carbocycles. The molecule has 2 unspecified atom stereocenters. The summed E-state index contributed by atoms with van der Waals surface area (Å²) in [4.78, 5) is 43.8. The van der Waals surface area contributed by atoms with Gasteiger partial charge in [0.25, 0.3) is 5.91 Å². The number of hydrogen-bond acceptors (Lipinski definition) is 5. The van der Waals surface area contributed by atoms with Crippen molar-refractivity contribution >= 4 is 35.2 Å². The second-order valence-corrected chi connectivity index (χ2v) is 13.0. The number of ether oxygens (including phenoxy) is 1. The predicted molar refractivity (Wildman–Crippen MR) is 173 cm³/mol. The van der Waals surface area contributed by atoms with Crippen LogP contribution in [0.3, 0.4) is 0 Å². The maximum absolute atomic E-state index is 14.7. The summed E-state index contributed by atoms with van der Waals surface area (Å²) in [6.45, 7) is 11.0. The summed E-state index contributed by atoms with van der Waals surface area (Å²) < 4.78 is 5.53. The number of halogens is 1. The average molecular weight is 620 g/mol. The normalized spacial score (nSPS) is 14.6. The zero-order chi connectivity index (χ0) is 32.2. The van der Waals surface area contributed by atoms with Gasteiger partial charge in [0.15, 0.2) is 0 Å². The van der Waals surface area contributed by atoms with E-state index in [-0.39, 0.29) is 18.2 Å². The standard InChI is InChI=1S/C35H42ClN3O5/c1-21-13-18-27(23(3)19-21)31(32(41)38-30-22(2)9-7-12-28(30)36)39(25-10-8-11-25)33(42)29(37-34(43)44-35(4,5)6)20-24-14-16-26(40)17-15-24/h7,9,12-19,25,29,31,40H,8,10-11,20H2,1-6H3,(H,37,43)(H,38,41). The summed E-state index contributed by atoms with van der Waals surface area (Å²) in [5.41, 5.74) is 3.83. The largest absolute Gasteiger partial charge is 0.508 e. The SMILES string of the molecule is Cc1ccc(C(C(=O)Nc2c(C)cccc2Cl)N(C(=O)C(Cc2ccc(O)cc2)NC(=O)OC(C)(C)C)C2CCC2)c(C)c1. The van der Waals surface area contributed by atoms with Gasteiger partial charge in [-0.2, -0.15) is 0 Å². The van der Waals surface area contributed by atoms with Gasteiger partial charge in [0.1, 0.15) is 23.4 Å². The summed E-state index contributed by atoms with van der Waals surface area (Å²) in [6, 6.07) is 15.4. The zero-order valence-corrected chi connectivity index (χ0v) is 27.0. The van der Waals surface area contributed by atoms with Gasteiger partial charge in [-0.25, -0.2) is 4.79 Å². The molecule has 0 aromatic heterocycles. The molecule has 1 saturated carbocycles. The highest BCUT2D eigenvalue weighted by atomic mass is 35.5. The Kier molecular flexibility index (Phi) is 10.3. The lowest BCUT2D eigenvalue weighted by molar-refractivity contribution is -0.145. The molecule has 0 bridgehead atoms. The average Bonchev–Trinajstić information content (AvgIpc) is 2.90. The molecule has 2 atom stereocenters. The number of nitrogens with one attached hydrogen (secondary N) is 2. The fraction of sp³-hybridized carbons (Fsp3) is 0.400. The van der Waals surface area contributed by atoms with Gasteiger partial charge in [-0.05, 0) is 101 Å². The molecule has 0 saturated heterocycles. The van der Waals surface area contributed by atoms with E-state index in [4.69, 9.17) is 16.3 Å². The summed E-state index contributed by atoms with van der Waals surface area (Å²) >= 11 is 6.51. The lowest BCUT2D eigenvalue weighted by Gasteiger charge is -2.44. The molecule has 3 aromatic carbocycles. The number of benzene rings is 3. The van der Waals surface area contributed by atoms with E-state index in [1.54, 1.807) is 43.9 Å². The van der Waals surface area contributed by atoms with Gasteiger partial charge in [0.2, 0.25) is 5.91 Å². The van der Waals surface area contributed by atoms with Crippen LogP contribution in [0.4, 0.5) is 10.5 Å². The lowest BCUT2D eigenvalue weighted by Crippen LogP contribution is -2.57. The van der Waals surface area contributed by atoms with E-state index in [9.17, 15) is 19.5 Å². The van der Waals surface area contributed by atoms with Crippen molar-refractivity contribution in [3.63, 3.8) is 0 Å². The molecule has 9 heteroatoms. The molecule has 1 aliphatic rings. The first-order chi connectivity index (χ1) is 20.7. The number of carbonyl (C=O) groups excluding carboxylic acids is 3. The number of amides is 3. The van der Waals surface area contributed by atoms with Gasteiger partial charge in [-0.3, -0.25) is 9.59 Å². The minimum atomic E-state index is -1.04. The van der Waals surface area contributed by atoms with Crippen LogP contribution in [0.1, 0.15) is 73.9 Å². The van der Waals surface area contributed by atoms with Crippen molar-refractivity contribution in [2.75, 3.05) is 5.32 Å². The quantitative estimate of drug-likeness (QED) is 0.235. The third-order valence-corrected chi connectivity index (χ3v) is 8.12. The molecule has 4 rings (SSSR count). The van der Waals surface area contributed by atoms with Crippen LogP contribution in [0.25, 0.3) is 0 Å². The highest BCUT2D eigenvalue weighted by Gasteiger charge is 2.42. The summed E-state index contributed by atoms with van der Waals surface area (Å²) in [6.07, 6.45) is 1.77. The molecule has 3 N–H and O–H groups in total. The van der Waals surface area contributed by atoms with Crippen molar-refractivity contribution in [1.29, 1.82) is 0 Å². The predicted octanol–water partition coefficient (Wildman–Crippen LogP) is 7.17. The van der Waals surface area contributed by atoms with E-state index in [1.165, 1.54) is 12.1 Å². The second kappa shape index (κ2) is 13.7. The number of carbonyl (C=O) groups is 3. The smallest absolute Gasteiger partial charge is 0.408 e. The minimum absolute atomic E-state index is 0.0919. The molecule has 0 radical (unpaired) electrons. The number of nitrogens with zero attached hydrogens (tertiary/aromatic N) is 1. The Morgan fingerprint density at radius 2 is 1.68 bits per heavy atom. The van der Waals surface area contributed by atoms with Crippen LogP contribution in [-0.2, 0) is 20.7 Å². The third kappa shape index (κ3) is 8.11. The highest BCUT2D eigenvalue weighted by molar-refractivity contribution is 6.34. The van der Waals surface area contributed by atoms with Crippen molar-refractivity contribution < 1.29 is 24.2 Å². The number of rotatable bonds is 9. The highest BCUT2D eigenvalue weighted by Crippen LogP contribution is 2.37. The van der Waals surface area contributed by atoms with Gasteiger partial charge >= 0.3 is 6.09 Å². The zero-order valence-electron chi connectivity index (χ0n) is 26.2. The summed E-state index contributed by atoms with van der Waals surface area (Å²) in [7, 11) is 0. The Morgan fingerprint density at radius 3 is 2.25 bits per heavy atom. The molecule has 234 valence electrons. The minimum Gasteiger partial charge on any atom is -0.508 e. The molecule has 0 heterocycles. The Hall–Kier alpha value is -4.04. The number of aryl methyl sites for hydroxylation is 3. The number of phenolic OH excluding ortho intramolecular Hbond substituents is 1. The Morgan fingerprint density at radius 1 is 1.00 bits per heavy atom. The van der Waals surface area contributed by atoms with Gasteiger partial charge in [0, 0.05) is 12.5 Å². The summed E-state index contributed by atoms with van der Waals surface area (Å²) in [5.74, 6) is -0.701. The Labute approximate surface area is 264 Å². The first kappa shape index (κ1) is 32.9. The maximum atomic E-state index is 14.7. The van der Waals surface area contributed by atoms with E-state index in [2.05, 4.69) is 10.6 Å². The van der Waals surface area contributed by atoms with Crippen LogP contribution in [0.5, 0.6) is 5.75 Å². The molecule has 8 nitrogen and oxygen atoms in total. The fourth-order valence-corrected chi connectivity index (χ4v) is 5.68. The number of alkyl carbamates (subject to hydrolysis) is 1. The Balaban J connectivity index is 1.80. The molecule has 3 aromatic rings. The molecular weight excluding hydrogens is 578 g/mol. The molecule has 1 fully saturated rings. The molecule has 0 spiro atoms. The maximum Gasteiger partial charge on any atom is 0.408 e. The first-order valence-corrected chi connectivity index (χ1v) is 15.3. The van der Waals surface area contributed by atoms with Crippen LogP contribution >= 0.6 is 11.6 Å². The number of anilines is 1. The van der Waals surface area contributed by atoms with Crippen LogP contribution in [0.15, 0.2) is 60.7 Å². The number of aromatic hydroxyl groups is 1. The number of hydrogen-bond donors (Lipinski definition) is 3. The molecule has 44 heavy (non-hydrogen) atoms. The van der Waals surface area contributed by atoms with E-state index in [0.29, 0.717) is 16.3 Å². The molecular formula is C35H42ClN3O5. The fourth-order valence-electron chi connectivity index (χ4n) is 5.41. The van der Waals surface area contributed by atoms with Gasteiger partial charge in [-0.1, -0.05) is 59.6 Å². The molecule has 3 amide bonds. The monoisotopic (exact) mass is 619 g/mol. The lowest BCUT2D eigenvalue weighted by atomic mass is 9.86. The van der Waals surface area contributed by atoms with E-state index in [1.807, 2.05) is 51.1 Å². The van der Waals surface area contributed by atoms with E-state index < -0.39 is 35.6 Å². The number of para-hydroxylation sites is 1. The van der Waals surface area contributed by atoms with Crippen molar-refractivity contribution in [3.8, 4) is 5.75 Å². The summed E-state index contributed by atoms with van der Waals surface area (Å²) in [5, 5.41) is 16.0.